The highest BCUT2D eigenvalue weighted by atomic mass is 16.5. The summed E-state index contributed by atoms with van der Waals surface area (Å²) >= 11 is 0. The summed E-state index contributed by atoms with van der Waals surface area (Å²) < 4.78 is 11.5. The molecule has 8 heteroatoms. The van der Waals surface area contributed by atoms with E-state index < -0.39 is 0 Å². The van der Waals surface area contributed by atoms with E-state index in [4.69, 9.17) is 9.47 Å². The molecule has 1 aromatic heterocycles. The third-order valence-corrected chi connectivity index (χ3v) is 6.34. The highest BCUT2D eigenvalue weighted by Crippen LogP contribution is 2.34. The Morgan fingerprint density at radius 2 is 2.03 bits per heavy atom. The van der Waals surface area contributed by atoms with Crippen molar-refractivity contribution < 1.29 is 19.1 Å². The molecule has 0 unspecified atom stereocenters. The molecular formula is C21H30N4O4. The van der Waals surface area contributed by atoms with Gasteiger partial charge in [0.1, 0.15) is 5.69 Å². The first-order valence-corrected chi connectivity index (χ1v) is 10.7. The molecule has 2 aliphatic heterocycles. The van der Waals surface area contributed by atoms with E-state index in [0.29, 0.717) is 24.9 Å². The lowest BCUT2D eigenvalue weighted by Crippen LogP contribution is -2.51. The predicted molar refractivity (Wildman–Crippen MR) is 105 cm³/mol. The molecule has 29 heavy (non-hydrogen) atoms. The van der Waals surface area contributed by atoms with Gasteiger partial charge in [0, 0.05) is 49.8 Å². The van der Waals surface area contributed by atoms with Crippen molar-refractivity contribution in [2.75, 3.05) is 32.9 Å². The largest absolute Gasteiger partial charge is 0.381 e. The summed E-state index contributed by atoms with van der Waals surface area (Å²) in [4.78, 5) is 35.8. The maximum absolute atomic E-state index is 13.2. The second kappa shape index (κ2) is 9.17. The molecule has 3 aliphatic rings. The van der Waals surface area contributed by atoms with Gasteiger partial charge in [0.05, 0.1) is 31.6 Å². The lowest BCUT2D eigenvalue weighted by molar-refractivity contribution is -0.137. The zero-order valence-electron chi connectivity index (χ0n) is 17.0. The van der Waals surface area contributed by atoms with Crippen molar-refractivity contribution in [3.63, 3.8) is 0 Å². The van der Waals surface area contributed by atoms with Gasteiger partial charge in [-0.3, -0.25) is 14.6 Å². The average Bonchev–Trinajstić information content (AvgIpc) is 3.35. The first-order valence-electron chi connectivity index (χ1n) is 10.7. The number of aromatic nitrogens is 2. The molecule has 1 N–H and O–H groups in total. The van der Waals surface area contributed by atoms with Crippen LogP contribution >= 0.6 is 0 Å². The van der Waals surface area contributed by atoms with Crippen molar-refractivity contribution in [2.45, 2.75) is 44.8 Å². The van der Waals surface area contributed by atoms with Crippen molar-refractivity contribution in [1.82, 2.24) is 20.2 Å². The Morgan fingerprint density at radius 1 is 1.24 bits per heavy atom. The van der Waals surface area contributed by atoms with Crippen LogP contribution in [0, 0.1) is 17.8 Å². The number of fused-ring (bicyclic) bond motifs is 1. The first kappa shape index (κ1) is 20.2. The van der Waals surface area contributed by atoms with E-state index in [0.717, 1.165) is 45.6 Å². The smallest absolute Gasteiger partial charge is 0.271 e. The van der Waals surface area contributed by atoms with Crippen LogP contribution in [0.25, 0.3) is 0 Å². The fourth-order valence-corrected chi connectivity index (χ4v) is 4.77. The van der Waals surface area contributed by atoms with Gasteiger partial charge >= 0.3 is 0 Å². The summed E-state index contributed by atoms with van der Waals surface area (Å²) in [5, 5.41) is 3.05. The van der Waals surface area contributed by atoms with Crippen LogP contribution in [0.5, 0.6) is 0 Å². The summed E-state index contributed by atoms with van der Waals surface area (Å²) in [5.41, 5.74) is 0.280. The van der Waals surface area contributed by atoms with Gasteiger partial charge in [-0.15, -0.1) is 0 Å². The lowest BCUT2D eigenvalue weighted by Gasteiger charge is -2.37. The number of amides is 2. The summed E-state index contributed by atoms with van der Waals surface area (Å²) in [5.74, 6) is 0.829. The van der Waals surface area contributed by atoms with E-state index in [1.807, 2.05) is 4.90 Å². The maximum atomic E-state index is 13.2. The molecule has 3 heterocycles. The van der Waals surface area contributed by atoms with Crippen molar-refractivity contribution in [2.24, 2.45) is 17.8 Å². The van der Waals surface area contributed by atoms with Gasteiger partial charge in [-0.05, 0) is 25.7 Å². The predicted octanol–water partition coefficient (Wildman–Crippen LogP) is 1.28. The molecule has 0 bridgehead atoms. The zero-order valence-corrected chi connectivity index (χ0v) is 17.0. The SMILES string of the molecule is CCCO[C@@H]1CC[C@H](C(=O)N2C[C@H]3COC[C@H]3C2)C[C@H]1NC(=O)c1cnccn1. The summed E-state index contributed by atoms with van der Waals surface area (Å²) in [6.07, 6.45) is 7.50. The molecule has 2 amide bonds. The van der Waals surface area contributed by atoms with E-state index in [1.54, 1.807) is 0 Å². The van der Waals surface area contributed by atoms with Crippen LogP contribution in [0.4, 0.5) is 0 Å². The van der Waals surface area contributed by atoms with Crippen molar-refractivity contribution in [3.05, 3.63) is 24.3 Å². The van der Waals surface area contributed by atoms with Gasteiger partial charge in [-0.1, -0.05) is 6.92 Å². The number of ether oxygens (including phenoxy) is 2. The van der Waals surface area contributed by atoms with E-state index in [-0.39, 0.29) is 35.6 Å². The Kier molecular flexibility index (Phi) is 6.40. The van der Waals surface area contributed by atoms with Crippen LogP contribution in [0.1, 0.15) is 43.1 Å². The number of hydrogen-bond donors (Lipinski definition) is 1. The molecule has 1 aliphatic carbocycles. The molecule has 0 radical (unpaired) electrons. The Hall–Kier alpha value is -2.06. The molecule has 3 fully saturated rings. The van der Waals surface area contributed by atoms with Crippen LogP contribution in [0.3, 0.4) is 0 Å². The molecule has 4 rings (SSSR count). The Labute approximate surface area is 171 Å². The monoisotopic (exact) mass is 402 g/mol. The van der Waals surface area contributed by atoms with Gasteiger partial charge in [0.2, 0.25) is 5.91 Å². The minimum Gasteiger partial charge on any atom is -0.381 e. The third kappa shape index (κ3) is 4.59. The number of likely N-dealkylation sites (tertiary alicyclic amines) is 1. The summed E-state index contributed by atoms with van der Waals surface area (Å²) in [6, 6.07) is -0.204. The molecule has 2 saturated heterocycles. The van der Waals surface area contributed by atoms with Crippen LogP contribution in [-0.4, -0.2) is 71.7 Å². The molecule has 1 saturated carbocycles. The molecule has 158 valence electrons. The minimum atomic E-state index is -0.269. The van der Waals surface area contributed by atoms with Gasteiger partial charge in [0.15, 0.2) is 0 Å². The fraction of sp³-hybridized carbons (Fsp3) is 0.714. The van der Waals surface area contributed by atoms with Crippen LogP contribution in [0.15, 0.2) is 18.6 Å². The number of carbonyl (C=O) groups is 2. The van der Waals surface area contributed by atoms with Crippen molar-refractivity contribution in [1.29, 1.82) is 0 Å². The Bertz CT molecular complexity index is 704. The molecule has 1 aromatic rings. The van der Waals surface area contributed by atoms with E-state index in [2.05, 4.69) is 22.2 Å². The lowest BCUT2D eigenvalue weighted by atomic mass is 9.82. The number of carbonyl (C=O) groups excluding carboxylic acids is 2. The van der Waals surface area contributed by atoms with Crippen LogP contribution in [0.2, 0.25) is 0 Å². The summed E-state index contributed by atoms with van der Waals surface area (Å²) in [6.45, 7) is 5.84. The number of rotatable bonds is 6. The third-order valence-electron chi connectivity index (χ3n) is 6.34. The number of nitrogens with one attached hydrogen (secondary N) is 1. The van der Waals surface area contributed by atoms with Gasteiger partial charge in [0.25, 0.3) is 5.91 Å². The van der Waals surface area contributed by atoms with E-state index in [9.17, 15) is 9.59 Å². The minimum absolute atomic E-state index is 0.0778. The van der Waals surface area contributed by atoms with Crippen molar-refractivity contribution in [3.8, 4) is 0 Å². The van der Waals surface area contributed by atoms with Crippen LogP contribution in [-0.2, 0) is 14.3 Å². The maximum Gasteiger partial charge on any atom is 0.271 e. The molecule has 0 spiro atoms. The van der Waals surface area contributed by atoms with Crippen LogP contribution < -0.4 is 5.32 Å². The first-order chi connectivity index (χ1) is 14.2. The quantitative estimate of drug-likeness (QED) is 0.770. The number of nitrogens with zero attached hydrogens (tertiary/aromatic N) is 3. The second-order valence-corrected chi connectivity index (χ2v) is 8.39. The van der Waals surface area contributed by atoms with Gasteiger partial charge in [-0.2, -0.15) is 0 Å². The number of hydrogen-bond acceptors (Lipinski definition) is 6. The molecule has 0 aromatic carbocycles. The molecular weight excluding hydrogens is 372 g/mol. The molecule has 5 atom stereocenters. The van der Waals surface area contributed by atoms with Gasteiger partial charge in [-0.25, -0.2) is 4.98 Å². The Morgan fingerprint density at radius 3 is 2.72 bits per heavy atom. The zero-order chi connectivity index (χ0) is 20.2. The Balaban J connectivity index is 1.40. The van der Waals surface area contributed by atoms with E-state index in [1.165, 1.54) is 18.6 Å². The normalized spacial score (nSPS) is 31.5. The molecule has 8 nitrogen and oxygen atoms in total. The highest BCUT2D eigenvalue weighted by molar-refractivity contribution is 5.92. The standard InChI is InChI=1S/C21H30N4O4/c1-2-7-29-19-4-3-14(21(27)25-10-15-12-28-13-16(15)11-25)8-17(19)24-20(26)18-9-22-5-6-23-18/h5-6,9,14-17,19H,2-4,7-8,10-13H2,1H3,(H,24,26)/t14-,15-,16+,17+,19+/m0/s1. The van der Waals surface area contributed by atoms with Crippen molar-refractivity contribution >= 4 is 11.8 Å². The topological polar surface area (TPSA) is 93.7 Å². The average molecular weight is 402 g/mol. The highest BCUT2D eigenvalue weighted by Gasteiger charge is 2.43. The van der Waals surface area contributed by atoms with E-state index >= 15 is 0 Å². The van der Waals surface area contributed by atoms with Gasteiger partial charge < -0.3 is 19.7 Å². The fourth-order valence-electron chi connectivity index (χ4n) is 4.77. The summed E-state index contributed by atoms with van der Waals surface area (Å²) in [7, 11) is 0. The second-order valence-electron chi connectivity index (χ2n) is 8.39.